The maximum Gasteiger partial charge on any atom is 0.262 e. The molecule has 0 fully saturated rings. The van der Waals surface area contributed by atoms with E-state index in [0.717, 1.165) is 11.4 Å². The first-order valence-electron chi connectivity index (χ1n) is 10.4. The first kappa shape index (κ1) is 23.4. The van der Waals surface area contributed by atoms with Crippen LogP contribution in [0.25, 0.3) is 0 Å². The summed E-state index contributed by atoms with van der Waals surface area (Å²) < 4.78 is 11.3. The van der Waals surface area contributed by atoms with Crippen LogP contribution in [0.4, 0.5) is 11.4 Å². The van der Waals surface area contributed by atoms with E-state index >= 15 is 0 Å². The Morgan fingerprint density at radius 1 is 0.824 bits per heavy atom. The highest BCUT2D eigenvalue weighted by atomic mass is 35.5. The van der Waals surface area contributed by atoms with Crippen molar-refractivity contribution in [1.82, 2.24) is 0 Å². The van der Waals surface area contributed by atoms with Crippen LogP contribution in [0.15, 0.2) is 102 Å². The molecule has 4 rings (SSSR count). The molecule has 34 heavy (non-hydrogen) atoms. The van der Waals surface area contributed by atoms with Gasteiger partial charge in [-0.2, -0.15) is 0 Å². The highest BCUT2D eigenvalue weighted by Crippen LogP contribution is 2.34. The van der Waals surface area contributed by atoms with E-state index in [0.29, 0.717) is 17.0 Å². The monoisotopic (exact) mass is 490 g/mol. The van der Waals surface area contributed by atoms with Gasteiger partial charge in [0.15, 0.2) is 12.4 Å². The first-order valence-corrected chi connectivity index (χ1v) is 11.2. The lowest BCUT2D eigenvalue weighted by Gasteiger charge is -2.11. The quantitative estimate of drug-likeness (QED) is 0.259. The number of hydrogen-bond acceptors (Lipinski definition) is 4. The molecule has 0 saturated carbocycles. The summed E-state index contributed by atoms with van der Waals surface area (Å²) in [5, 5.41) is 3.31. The van der Waals surface area contributed by atoms with Crippen molar-refractivity contribution >= 4 is 46.7 Å². The Hall–Kier alpha value is -3.80. The average Bonchev–Trinajstić information content (AvgIpc) is 2.84. The zero-order valence-corrected chi connectivity index (χ0v) is 19.5. The Morgan fingerprint density at radius 3 is 2.06 bits per heavy atom. The number of carbonyl (C=O) groups excluding carboxylic acids is 1. The summed E-state index contributed by atoms with van der Waals surface area (Å²) in [6.45, 7) is -0.223. The molecule has 170 valence electrons. The first-order chi connectivity index (χ1) is 16.6. The van der Waals surface area contributed by atoms with Gasteiger partial charge in [0.1, 0.15) is 11.5 Å². The third-order valence-electron chi connectivity index (χ3n) is 4.60. The minimum atomic E-state index is -0.316. The van der Waals surface area contributed by atoms with Crippen molar-refractivity contribution in [3.63, 3.8) is 0 Å². The second-order valence-electron chi connectivity index (χ2n) is 7.18. The Balaban J connectivity index is 1.36. The number of benzene rings is 4. The van der Waals surface area contributed by atoms with Gasteiger partial charge in [0.25, 0.3) is 5.91 Å². The SMILES string of the molecule is O=C(COc1c(Cl)cc(C=Nc2ccc(Oc3ccccc3)cc2)cc1Cl)Nc1ccccc1. The van der Waals surface area contributed by atoms with Crippen LogP contribution in [-0.4, -0.2) is 18.7 Å². The van der Waals surface area contributed by atoms with Crippen molar-refractivity contribution in [3.8, 4) is 17.2 Å². The molecule has 0 aliphatic carbocycles. The van der Waals surface area contributed by atoms with Gasteiger partial charge in [0, 0.05) is 11.9 Å². The van der Waals surface area contributed by atoms with Crippen LogP contribution >= 0.6 is 23.2 Å². The molecule has 4 aromatic rings. The smallest absolute Gasteiger partial charge is 0.262 e. The van der Waals surface area contributed by atoms with Gasteiger partial charge >= 0.3 is 0 Å². The Labute approximate surface area is 207 Å². The van der Waals surface area contributed by atoms with E-state index in [-0.39, 0.29) is 28.3 Å². The van der Waals surface area contributed by atoms with Crippen molar-refractivity contribution < 1.29 is 14.3 Å². The van der Waals surface area contributed by atoms with Crippen LogP contribution in [-0.2, 0) is 4.79 Å². The largest absolute Gasteiger partial charge is 0.481 e. The van der Waals surface area contributed by atoms with Gasteiger partial charge in [-0.3, -0.25) is 9.79 Å². The molecule has 0 aliphatic heterocycles. The summed E-state index contributed by atoms with van der Waals surface area (Å²) >= 11 is 12.7. The van der Waals surface area contributed by atoms with Gasteiger partial charge in [-0.1, -0.05) is 59.6 Å². The standard InChI is InChI=1S/C27H20Cl2N2O3/c28-24-15-19(16-25(29)27(24)33-18-26(32)31-21-7-3-1-4-8-21)17-30-20-11-13-23(14-12-20)34-22-9-5-2-6-10-22/h1-17H,18H2,(H,31,32). The molecule has 0 unspecified atom stereocenters. The second-order valence-corrected chi connectivity index (χ2v) is 8.00. The van der Waals surface area contributed by atoms with Gasteiger partial charge < -0.3 is 14.8 Å². The predicted octanol–water partition coefficient (Wildman–Crippen LogP) is 7.55. The molecule has 0 bridgehead atoms. The average molecular weight is 491 g/mol. The van der Waals surface area contributed by atoms with Crippen molar-refractivity contribution in [2.45, 2.75) is 0 Å². The molecule has 1 N–H and O–H groups in total. The summed E-state index contributed by atoms with van der Waals surface area (Å²) in [5.74, 6) is 1.41. The molecular formula is C27H20Cl2N2O3. The minimum absolute atomic E-state index is 0.223. The minimum Gasteiger partial charge on any atom is -0.481 e. The van der Waals surface area contributed by atoms with Gasteiger partial charge in [-0.25, -0.2) is 0 Å². The van der Waals surface area contributed by atoms with Crippen LogP contribution in [0, 0.1) is 0 Å². The van der Waals surface area contributed by atoms with Crippen molar-refractivity contribution in [2.75, 3.05) is 11.9 Å². The van der Waals surface area contributed by atoms with Crippen LogP contribution in [0.1, 0.15) is 5.56 Å². The number of amides is 1. The molecule has 0 spiro atoms. The topological polar surface area (TPSA) is 59.9 Å². The maximum atomic E-state index is 12.1. The Bertz CT molecular complexity index is 1260. The van der Waals surface area contributed by atoms with Crippen LogP contribution in [0.3, 0.4) is 0 Å². The number of aliphatic imine (C=N–C) groups is 1. The molecule has 5 nitrogen and oxygen atoms in total. The molecule has 1 amide bonds. The van der Waals surface area contributed by atoms with Crippen molar-refractivity contribution in [2.24, 2.45) is 4.99 Å². The number of carbonyl (C=O) groups is 1. The van der Waals surface area contributed by atoms with E-state index in [2.05, 4.69) is 10.3 Å². The zero-order chi connectivity index (χ0) is 23.8. The van der Waals surface area contributed by atoms with Crippen LogP contribution < -0.4 is 14.8 Å². The third-order valence-corrected chi connectivity index (χ3v) is 5.17. The van der Waals surface area contributed by atoms with Crippen LogP contribution in [0.5, 0.6) is 17.2 Å². The highest BCUT2D eigenvalue weighted by Gasteiger charge is 2.12. The van der Waals surface area contributed by atoms with E-state index in [1.165, 1.54) is 0 Å². The molecule has 0 atom stereocenters. The number of hydrogen-bond donors (Lipinski definition) is 1. The summed E-state index contributed by atoms with van der Waals surface area (Å²) in [5.41, 5.74) is 2.12. The fourth-order valence-corrected chi connectivity index (χ4v) is 3.64. The van der Waals surface area contributed by atoms with Crippen LogP contribution in [0.2, 0.25) is 10.0 Å². The molecule has 7 heteroatoms. The number of nitrogens with zero attached hydrogens (tertiary/aromatic N) is 1. The number of nitrogens with one attached hydrogen (secondary N) is 1. The van der Waals surface area contributed by atoms with E-state index in [9.17, 15) is 4.79 Å². The summed E-state index contributed by atoms with van der Waals surface area (Å²) in [4.78, 5) is 16.6. The van der Waals surface area contributed by atoms with Gasteiger partial charge in [0.05, 0.1) is 15.7 Å². The van der Waals surface area contributed by atoms with Gasteiger partial charge in [0.2, 0.25) is 0 Å². The fraction of sp³-hybridized carbons (Fsp3) is 0.0370. The van der Waals surface area contributed by atoms with E-state index < -0.39 is 0 Å². The lowest BCUT2D eigenvalue weighted by molar-refractivity contribution is -0.118. The molecular weight excluding hydrogens is 471 g/mol. The summed E-state index contributed by atoms with van der Waals surface area (Å²) in [6, 6.07) is 29.4. The molecule has 0 radical (unpaired) electrons. The van der Waals surface area contributed by atoms with Crippen molar-refractivity contribution in [1.29, 1.82) is 0 Å². The number of rotatable bonds is 8. The van der Waals surface area contributed by atoms with Crippen molar-refractivity contribution in [3.05, 3.63) is 113 Å². The lowest BCUT2D eigenvalue weighted by Crippen LogP contribution is -2.20. The molecule has 0 aromatic heterocycles. The fourth-order valence-electron chi connectivity index (χ4n) is 3.02. The predicted molar refractivity (Wildman–Crippen MR) is 137 cm³/mol. The highest BCUT2D eigenvalue weighted by molar-refractivity contribution is 6.37. The molecule has 0 heterocycles. The van der Waals surface area contributed by atoms with E-state index in [1.54, 1.807) is 30.5 Å². The normalized spacial score (nSPS) is 10.8. The molecule has 0 aliphatic rings. The lowest BCUT2D eigenvalue weighted by atomic mass is 10.2. The van der Waals surface area contributed by atoms with E-state index in [4.69, 9.17) is 32.7 Å². The molecule has 4 aromatic carbocycles. The Morgan fingerprint density at radius 2 is 1.41 bits per heavy atom. The Kier molecular flexibility index (Phi) is 7.81. The van der Waals surface area contributed by atoms with Gasteiger partial charge in [-0.15, -0.1) is 0 Å². The number of para-hydroxylation sites is 2. The van der Waals surface area contributed by atoms with E-state index in [1.807, 2.05) is 72.8 Å². The number of halogens is 2. The number of anilines is 1. The summed E-state index contributed by atoms with van der Waals surface area (Å²) in [6.07, 6.45) is 1.65. The third kappa shape index (κ3) is 6.61. The molecule has 0 saturated heterocycles. The second kappa shape index (κ2) is 11.4. The van der Waals surface area contributed by atoms with Gasteiger partial charge in [-0.05, 0) is 66.2 Å². The number of ether oxygens (including phenoxy) is 2. The summed E-state index contributed by atoms with van der Waals surface area (Å²) in [7, 11) is 0. The maximum absolute atomic E-state index is 12.1. The zero-order valence-electron chi connectivity index (χ0n) is 17.9.